The minimum absolute atomic E-state index is 0.206. The highest BCUT2D eigenvalue weighted by Gasteiger charge is 2.34. The smallest absolute Gasteiger partial charge is 0.459 e. The summed E-state index contributed by atoms with van der Waals surface area (Å²) in [5.74, 6) is 1.27. The summed E-state index contributed by atoms with van der Waals surface area (Å²) in [7, 11) is 0. The zero-order valence-corrected chi connectivity index (χ0v) is 15.3. The first-order valence-electron chi connectivity index (χ1n) is 8.70. The van der Waals surface area contributed by atoms with E-state index in [1.807, 2.05) is 67.6 Å². The van der Waals surface area contributed by atoms with Crippen LogP contribution in [0.4, 0.5) is 4.79 Å². The van der Waals surface area contributed by atoms with E-state index in [0.29, 0.717) is 11.5 Å². The van der Waals surface area contributed by atoms with Gasteiger partial charge in [0.25, 0.3) is 0 Å². The van der Waals surface area contributed by atoms with E-state index in [9.17, 15) is 4.79 Å². The second-order valence-electron chi connectivity index (χ2n) is 5.94. The summed E-state index contributed by atoms with van der Waals surface area (Å²) < 4.78 is 16.5. The fourth-order valence-electron chi connectivity index (χ4n) is 2.87. The number of benzene rings is 2. The molecule has 0 bridgehead atoms. The summed E-state index contributed by atoms with van der Waals surface area (Å²) in [6.45, 7) is 3.78. The Balaban J connectivity index is 2.02. The standard InChI is InChI=1S/C21H22N2O4/c1-3-25-21(24)27-19-17(15-10-6-4-7-11-15)18(14(2)23-20(19)22)26-16-12-8-5-9-13-16/h4-13,17,23H,3,22H2,1-2H3. The normalized spacial score (nSPS) is 16.6. The molecular formula is C21H22N2O4. The van der Waals surface area contributed by atoms with Gasteiger partial charge in [0.2, 0.25) is 0 Å². The summed E-state index contributed by atoms with van der Waals surface area (Å²) in [6, 6.07) is 19.0. The molecule has 0 aromatic heterocycles. The van der Waals surface area contributed by atoms with Crippen LogP contribution in [0.1, 0.15) is 25.3 Å². The summed E-state index contributed by atoms with van der Waals surface area (Å²) in [4.78, 5) is 12.0. The summed E-state index contributed by atoms with van der Waals surface area (Å²) in [6.07, 6.45) is -0.809. The molecule has 140 valence electrons. The van der Waals surface area contributed by atoms with Crippen LogP contribution in [0.3, 0.4) is 0 Å². The highest BCUT2D eigenvalue weighted by molar-refractivity contribution is 5.62. The Labute approximate surface area is 158 Å². The monoisotopic (exact) mass is 366 g/mol. The number of carbonyl (C=O) groups excluding carboxylic acids is 1. The molecule has 1 heterocycles. The number of nitrogens with one attached hydrogen (secondary N) is 1. The molecular weight excluding hydrogens is 344 g/mol. The zero-order valence-electron chi connectivity index (χ0n) is 15.3. The lowest BCUT2D eigenvalue weighted by molar-refractivity contribution is 0.0754. The molecule has 0 fully saturated rings. The Kier molecular flexibility index (Phi) is 5.66. The van der Waals surface area contributed by atoms with Crippen molar-refractivity contribution in [3.05, 3.63) is 89.3 Å². The molecule has 0 amide bonds. The van der Waals surface area contributed by atoms with Gasteiger partial charge < -0.3 is 25.3 Å². The molecule has 0 aliphatic carbocycles. The van der Waals surface area contributed by atoms with E-state index in [1.165, 1.54) is 0 Å². The quantitative estimate of drug-likeness (QED) is 0.779. The minimum atomic E-state index is -0.809. The predicted molar refractivity (Wildman–Crippen MR) is 101 cm³/mol. The highest BCUT2D eigenvalue weighted by Crippen LogP contribution is 2.38. The molecule has 1 unspecified atom stereocenters. The van der Waals surface area contributed by atoms with E-state index < -0.39 is 12.1 Å². The maximum atomic E-state index is 12.0. The molecule has 0 spiro atoms. The van der Waals surface area contributed by atoms with Crippen LogP contribution in [0.15, 0.2) is 83.7 Å². The van der Waals surface area contributed by atoms with Crippen LogP contribution in [-0.4, -0.2) is 12.8 Å². The lowest BCUT2D eigenvalue weighted by Crippen LogP contribution is -2.33. The number of hydrogen-bond acceptors (Lipinski definition) is 6. The fraction of sp³-hybridized carbons (Fsp3) is 0.190. The molecule has 0 saturated heterocycles. The molecule has 1 aliphatic heterocycles. The highest BCUT2D eigenvalue weighted by atomic mass is 16.7. The molecule has 2 aromatic carbocycles. The second kappa shape index (κ2) is 8.31. The van der Waals surface area contributed by atoms with Gasteiger partial charge in [0.05, 0.1) is 12.3 Å². The molecule has 3 N–H and O–H groups in total. The number of dihydropyridines is 1. The van der Waals surface area contributed by atoms with Crippen molar-refractivity contribution in [3.63, 3.8) is 0 Å². The molecule has 3 rings (SSSR count). The largest absolute Gasteiger partial charge is 0.513 e. The SMILES string of the molecule is CCOC(=O)OC1=C(N)NC(C)=C(Oc2ccccc2)C1c1ccccc1. The summed E-state index contributed by atoms with van der Waals surface area (Å²) >= 11 is 0. The van der Waals surface area contributed by atoms with Crippen molar-refractivity contribution < 1.29 is 19.0 Å². The van der Waals surface area contributed by atoms with Gasteiger partial charge in [-0.15, -0.1) is 0 Å². The number of para-hydroxylation sites is 1. The average Bonchev–Trinajstić information content (AvgIpc) is 2.67. The van der Waals surface area contributed by atoms with E-state index in [0.717, 1.165) is 11.3 Å². The molecule has 0 radical (unpaired) electrons. The van der Waals surface area contributed by atoms with Crippen LogP contribution < -0.4 is 15.8 Å². The van der Waals surface area contributed by atoms with Gasteiger partial charge in [0, 0.05) is 0 Å². The predicted octanol–water partition coefficient (Wildman–Crippen LogP) is 3.98. The number of allylic oxidation sites excluding steroid dienone is 1. The molecule has 6 nitrogen and oxygen atoms in total. The van der Waals surface area contributed by atoms with E-state index in [2.05, 4.69) is 5.32 Å². The number of carbonyl (C=O) groups is 1. The first-order chi connectivity index (χ1) is 13.1. The van der Waals surface area contributed by atoms with E-state index >= 15 is 0 Å². The van der Waals surface area contributed by atoms with Crippen molar-refractivity contribution in [1.29, 1.82) is 0 Å². The molecule has 1 atom stereocenters. The van der Waals surface area contributed by atoms with Gasteiger partial charge in [-0.05, 0) is 31.5 Å². The Morgan fingerprint density at radius 2 is 1.67 bits per heavy atom. The Morgan fingerprint density at radius 1 is 1.04 bits per heavy atom. The third kappa shape index (κ3) is 4.23. The van der Waals surface area contributed by atoms with Gasteiger partial charge in [-0.2, -0.15) is 0 Å². The van der Waals surface area contributed by atoms with E-state index in [1.54, 1.807) is 6.92 Å². The van der Waals surface area contributed by atoms with Crippen LogP contribution in [0, 0.1) is 0 Å². The van der Waals surface area contributed by atoms with Gasteiger partial charge in [0.1, 0.15) is 23.2 Å². The topological polar surface area (TPSA) is 82.8 Å². The second-order valence-corrected chi connectivity index (χ2v) is 5.94. The van der Waals surface area contributed by atoms with Crippen molar-refractivity contribution in [1.82, 2.24) is 5.32 Å². The molecule has 27 heavy (non-hydrogen) atoms. The lowest BCUT2D eigenvalue weighted by Gasteiger charge is -2.30. The van der Waals surface area contributed by atoms with Gasteiger partial charge in [0.15, 0.2) is 5.76 Å². The average molecular weight is 366 g/mol. The first-order valence-corrected chi connectivity index (χ1v) is 8.70. The number of ether oxygens (including phenoxy) is 3. The van der Waals surface area contributed by atoms with Crippen LogP contribution in [0.5, 0.6) is 5.75 Å². The minimum Gasteiger partial charge on any atom is -0.459 e. The Bertz CT molecular complexity index is 860. The molecule has 0 saturated carbocycles. The summed E-state index contributed by atoms with van der Waals surface area (Å²) in [5.41, 5.74) is 7.76. The molecule has 1 aliphatic rings. The zero-order chi connectivity index (χ0) is 19.2. The van der Waals surface area contributed by atoms with Gasteiger partial charge in [-0.1, -0.05) is 48.5 Å². The van der Waals surface area contributed by atoms with Gasteiger partial charge >= 0.3 is 6.16 Å². The third-order valence-electron chi connectivity index (χ3n) is 4.04. The van der Waals surface area contributed by atoms with Crippen molar-refractivity contribution in [2.75, 3.05) is 6.61 Å². The van der Waals surface area contributed by atoms with Crippen molar-refractivity contribution >= 4 is 6.16 Å². The number of rotatable bonds is 5. The maximum absolute atomic E-state index is 12.0. The maximum Gasteiger partial charge on any atom is 0.513 e. The Hall–Kier alpha value is -3.41. The van der Waals surface area contributed by atoms with Crippen LogP contribution in [0.2, 0.25) is 0 Å². The molecule has 6 heteroatoms. The van der Waals surface area contributed by atoms with E-state index in [-0.39, 0.29) is 18.2 Å². The van der Waals surface area contributed by atoms with Gasteiger partial charge in [-0.3, -0.25) is 0 Å². The third-order valence-corrected chi connectivity index (χ3v) is 4.04. The van der Waals surface area contributed by atoms with Gasteiger partial charge in [-0.25, -0.2) is 4.79 Å². The van der Waals surface area contributed by atoms with Crippen molar-refractivity contribution in [2.24, 2.45) is 5.73 Å². The van der Waals surface area contributed by atoms with E-state index in [4.69, 9.17) is 19.9 Å². The van der Waals surface area contributed by atoms with Crippen molar-refractivity contribution in [3.8, 4) is 5.75 Å². The molecule has 2 aromatic rings. The number of nitrogens with two attached hydrogens (primary N) is 1. The summed E-state index contributed by atoms with van der Waals surface area (Å²) in [5, 5.41) is 3.03. The van der Waals surface area contributed by atoms with Crippen LogP contribution >= 0.6 is 0 Å². The Morgan fingerprint density at radius 3 is 2.30 bits per heavy atom. The lowest BCUT2D eigenvalue weighted by atomic mass is 9.91. The van der Waals surface area contributed by atoms with Crippen LogP contribution in [0.25, 0.3) is 0 Å². The number of hydrogen-bond donors (Lipinski definition) is 2. The van der Waals surface area contributed by atoms with Crippen LogP contribution in [-0.2, 0) is 9.47 Å². The fourth-order valence-corrected chi connectivity index (χ4v) is 2.87. The van der Waals surface area contributed by atoms with Crippen molar-refractivity contribution in [2.45, 2.75) is 19.8 Å². The first kappa shape index (κ1) is 18.4.